The largest absolute Gasteiger partial charge is 0.338 e. The van der Waals surface area contributed by atoms with Crippen molar-refractivity contribution in [3.8, 4) is 10.4 Å². The minimum absolute atomic E-state index is 0.00809. The van der Waals surface area contributed by atoms with Crippen molar-refractivity contribution < 1.29 is 19.2 Å². The normalized spacial score (nSPS) is 21.8. The molecule has 3 amide bonds. The van der Waals surface area contributed by atoms with Crippen LogP contribution in [0, 0.1) is 0 Å². The highest BCUT2D eigenvalue weighted by Crippen LogP contribution is 2.36. The number of fused-ring (bicyclic) bond motifs is 1. The van der Waals surface area contributed by atoms with Gasteiger partial charge in [-0.2, -0.15) is 0 Å². The third kappa shape index (κ3) is 4.94. The van der Waals surface area contributed by atoms with E-state index in [0.29, 0.717) is 31.4 Å². The number of amides is 3. The van der Waals surface area contributed by atoms with Crippen LogP contribution in [0.5, 0.6) is 0 Å². The second-order valence-electron chi connectivity index (χ2n) is 11.0. The maximum absolute atomic E-state index is 14.2. The van der Waals surface area contributed by atoms with Crippen LogP contribution in [0.15, 0.2) is 66.3 Å². The summed E-state index contributed by atoms with van der Waals surface area (Å²) in [5.74, 6) is -0.723. The summed E-state index contributed by atoms with van der Waals surface area (Å²) >= 11 is 1.64. The van der Waals surface area contributed by atoms with Gasteiger partial charge in [0.1, 0.15) is 11.6 Å². The first-order valence-electron chi connectivity index (χ1n) is 13.9. The van der Waals surface area contributed by atoms with Crippen LogP contribution in [0.25, 0.3) is 10.4 Å². The van der Waals surface area contributed by atoms with Crippen LogP contribution in [0.4, 0.5) is 0 Å². The summed E-state index contributed by atoms with van der Waals surface area (Å²) < 4.78 is 0. The predicted octanol–water partition coefficient (Wildman–Crippen LogP) is 3.87. The molecule has 2 aliphatic heterocycles. The Hall–Kier alpha value is -3.85. The molecule has 206 valence electrons. The number of thiophene rings is 1. The summed E-state index contributed by atoms with van der Waals surface area (Å²) in [6.07, 6.45) is 7.77. The van der Waals surface area contributed by atoms with Crippen molar-refractivity contribution in [2.75, 3.05) is 13.1 Å². The van der Waals surface area contributed by atoms with E-state index in [-0.39, 0.29) is 42.5 Å². The lowest BCUT2D eigenvalue weighted by atomic mass is 9.80. The van der Waals surface area contributed by atoms with E-state index in [2.05, 4.69) is 10.3 Å². The van der Waals surface area contributed by atoms with Gasteiger partial charge in [-0.25, -0.2) is 0 Å². The number of likely N-dealkylation sites (tertiary alicyclic amines) is 2. The fourth-order valence-electron chi connectivity index (χ4n) is 6.49. The molecule has 2 saturated heterocycles. The van der Waals surface area contributed by atoms with Crippen molar-refractivity contribution in [2.24, 2.45) is 0 Å². The molecule has 40 heavy (non-hydrogen) atoms. The topological polar surface area (TPSA) is 99.7 Å². The Morgan fingerprint density at radius 1 is 1.00 bits per heavy atom. The van der Waals surface area contributed by atoms with Crippen LogP contribution < -0.4 is 5.32 Å². The lowest BCUT2D eigenvalue weighted by Gasteiger charge is -2.40. The van der Waals surface area contributed by atoms with Gasteiger partial charge in [-0.15, -0.1) is 11.3 Å². The van der Waals surface area contributed by atoms with Gasteiger partial charge in [0.2, 0.25) is 11.8 Å². The van der Waals surface area contributed by atoms with E-state index in [1.807, 2.05) is 35.7 Å². The predicted molar refractivity (Wildman–Crippen MR) is 152 cm³/mol. The SMILES string of the molecule is O=C(NC1(C(=O)N2CCC3C2C(=O)CN3C(=O)Cc2cccnc2)CCCCC1)c1ccc(-c2cccs2)cc1. The van der Waals surface area contributed by atoms with E-state index in [1.54, 1.807) is 51.7 Å². The van der Waals surface area contributed by atoms with E-state index < -0.39 is 11.6 Å². The zero-order chi connectivity index (χ0) is 27.7. The van der Waals surface area contributed by atoms with E-state index in [4.69, 9.17) is 0 Å². The van der Waals surface area contributed by atoms with Gasteiger partial charge < -0.3 is 15.1 Å². The molecular weight excluding hydrogens is 524 g/mol. The number of carbonyl (C=O) groups is 4. The Kier molecular flexibility index (Phi) is 7.23. The third-order valence-corrected chi connectivity index (χ3v) is 9.42. The molecule has 6 rings (SSSR count). The molecule has 1 aromatic carbocycles. The molecule has 1 N–H and O–H groups in total. The number of carbonyl (C=O) groups excluding carboxylic acids is 4. The number of pyridine rings is 1. The summed E-state index contributed by atoms with van der Waals surface area (Å²) in [5, 5.41) is 5.13. The third-order valence-electron chi connectivity index (χ3n) is 8.50. The van der Waals surface area contributed by atoms with Crippen molar-refractivity contribution in [3.05, 3.63) is 77.4 Å². The maximum atomic E-state index is 14.2. The number of rotatable bonds is 6. The first-order chi connectivity index (χ1) is 19.4. The molecule has 8 nitrogen and oxygen atoms in total. The Labute approximate surface area is 237 Å². The zero-order valence-corrected chi connectivity index (χ0v) is 23.1. The van der Waals surface area contributed by atoms with Crippen molar-refractivity contribution >= 4 is 34.8 Å². The first-order valence-corrected chi connectivity index (χ1v) is 14.8. The number of nitrogens with one attached hydrogen (secondary N) is 1. The quantitative estimate of drug-likeness (QED) is 0.497. The van der Waals surface area contributed by atoms with Crippen molar-refractivity contribution in [2.45, 2.75) is 62.6 Å². The van der Waals surface area contributed by atoms with Gasteiger partial charge >= 0.3 is 0 Å². The molecule has 3 fully saturated rings. The molecule has 0 bridgehead atoms. The van der Waals surface area contributed by atoms with Gasteiger partial charge in [-0.1, -0.05) is 43.5 Å². The number of benzene rings is 1. The molecule has 2 atom stereocenters. The second kappa shape index (κ2) is 11.0. The van der Waals surface area contributed by atoms with E-state index in [9.17, 15) is 19.2 Å². The average molecular weight is 557 g/mol. The van der Waals surface area contributed by atoms with Gasteiger partial charge in [0.05, 0.1) is 19.0 Å². The number of nitrogens with zero attached hydrogens (tertiary/aromatic N) is 3. The van der Waals surface area contributed by atoms with Crippen LogP contribution in [0.3, 0.4) is 0 Å². The highest BCUT2D eigenvalue weighted by Gasteiger charge is 2.55. The monoisotopic (exact) mass is 556 g/mol. The molecule has 2 aromatic heterocycles. The van der Waals surface area contributed by atoms with Gasteiger partial charge in [0.15, 0.2) is 5.78 Å². The van der Waals surface area contributed by atoms with Crippen LogP contribution >= 0.6 is 11.3 Å². The molecule has 4 heterocycles. The van der Waals surface area contributed by atoms with E-state index in [1.165, 1.54) is 0 Å². The average Bonchev–Trinajstić information content (AvgIpc) is 3.73. The lowest BCUT2D eigenvalue weighted by Crippen LogP contribution is -2.62. The van der Waals surface area contributed by atoms with Gasteiger partial charge in [0.25, 0.3) is 5.91 Å². The molecule has 9 heteroatoms. The van der Waals surface area contributed by atoms with Crippen molar-refractivity contribution in [3.63, 3.8) is 0 Å². The first kappa shape index (κ1) is 26.4. The minimum atomic E-state index is -1.05. The number of hydrogen-bond donors (Lipinski definition) is 1. The molecule has 2 unspecified atom stereocenters. The fraction of sp³-hybridized carbons (Fsp3) is 0.387. The number of hydrogen-bond acceptors (Lipinski definition) is 6. The number of aromatic nitrogens is 1. The van der Waals surface area contributed by atoms with E-state index >= 15 is 0 Å². The Morgan fingerprint density at radius 3 is 2.50 bits per heavy atom. The summed E-state index contributed by atoms with van der Waals surface area (Å²) in [6, 6.07) is 14.1. The summed E-state index contributed by atoms with van der Waals surface area (Å²) in [4.78, 5) is 62.5. The highest BCUT2D eigenvalue weighted by molar-refractivity contribution is 7.13. The number of Topliss-reactive ketones (excluding diaryl/α,β-unsaturated/α-hetero) is 1. The molecule has 0 spiro atoms. The fourth-order valence-corrected chi connectivity index (χ4v) is 7.22. The summed E-state index contributed by atoms with van der Waals surface area (Å²) in [7, 11) is 0. The number of ketones is 1. The van der Waals surface area contributed by atoms with Gasteiger partial charge in [-0.3, -0.25) is 24.2 Å². The summed E-state index contributed by atoms with van der Waals surface area (Å²) in [5.41, 5.74) is 1.29. The molecule has 1 aliphatic carbocycles. The van der Waals surface area contributed by atoms with E-state index in [0.717, 1.165) is 35.3 Å². The minimum Gasteiger partial charge on any atom is -0.338 e. The second-order valence-corrected chi connectivity index (χ2v) is 11.9. The molecule has 3 aromatic rings. The molecule has 1 saturated carbocycles. The van der Waals surface area contributed by atoms with Gasteiger partial charge in [-0.05, 0) is 60.0 Å². The zero-order valence-electron chi connectivity index (χ0n) is 22.3. The molecule has 0 radical (unpaired) electrons. The molecular formula is C31H32N4O4S. The Morgan fingerprint density at radius 2 is 1.80 bits per heavy atom. The van der Waals surface area contributed by atoms with Crippen LogP contribution in [0.1, 0.15) is 54.4 Å². The van der Waals surface area contributed by atoms with Crippen molar-refractivity contribution in [1.82, 2.24) is 20.1 Å². The van der Waals surface area contributed by atoms with Crippen LogP contribution in [-0.2, 0) is 20.8 Å². The van der Waals surface area contributed by atoms with Crippen LogP contribution in [-0.4, -0.2) is 69.0 Å². The smallest absolute Gasteiger partial charge is 0.252 e. The highest BCUT2D eigenvalue weighted by atomic mass is 32.1. The Bertz CT molecular complexity index is 1400. The standard InChI is InChI=1S/C31H32N4O4S/c36-25-20-35(27(37)18-21-6-4-15-32-19-21)24-12-16-34(28(24)25)30(39)31(13-2-1-3-14-31)33-29(38)23-10-8-22(9-11-23)26-7-5-17-40-26/h4-11,15,17,19,24,28H,1-3,12-14,16,18,20H2,(H,33,38). The molecule has 3 aliphatic rings. The lowest BCUT2D eigenvalue weighted by molar-refractivity contribution is -0.143. The van der Waals surface area contributed by atoms with Crippen LogP contribution in [0.2, 0.25) is 0 Å². The Balaban J connectivity index is 1.18. The summed E-state index contributed by atoms with van der Waals surface area (Å²) in [6.45, 7) is 0.401. The maximum Gasteiger partial charge on any atom is 0.252 e. The van der Waals surface area contributed by atoms with Crippen molar-refractivity contribution in [1.29, 1.82) is 0 Å². The van der Waals surface area contributed by atoms with Gasteiger partial charge in [0, 0.05) is 29.4 Å².